The highest BCUT2D eigenvalue weighted by atomic mass is 35.5. The van der Waals surface area contributed by atoms with Crippen molar-refractivity contribution in [1.82, 2.24) is 77.4 Å². The fourth-order valence-corrected chi connectivity index (χ4v) is 17.0. The van der Waals surface area contributed by atoms with Crippen molar-refractivity contribution in [2.45, 2.75) is 83.5 Å². The number of hydrogen-bond donors (Lipinski definition) is 5. The first kappa shape index (κ1) is 76.3. The summed E-state index contributed by atoms with van der Waals surface area (Å²) in [6.45, 7) is 6.99. The molecule has 0 saturated heterocycles. The molecule has 12 aromatic heterocycles. The highest BCUT2D eigenvalue weighted by Gasteiger charge is 2.30. The van der Waals surface area contributed by atoms with Crippen LogP contribution in [0.2, 0.25) is 5.02 Å². The minimum absolute atomic E-state index is 0.265. The van der Waals surface area contributed by atoms with Crippen LogP contribution in [0.15, 0.2) is 286 Å². The number of nitrogen functional groups attached to an aromatic ring is 4. The van der Waals surface area contributed by atoms with E-state index in [1.165, 1.54) is 6.42 Å². The summed E-state index contributed by atoms with van der Waals surface area (Å²) in [6.07, 6.45) is 22.6. The van der Waals surface area contributed by atoms with Gasteiger partial charge in [-0.05, 0) is 113 Å². The maximum atomic E-state index is 6.75. The predicted octanol–water partition coefficient (Wildman–Crippen LogP) is 21.4. The lowest BCUT2D eigenvalue weighted by Crippen LogP contribution is -2.21. The van der Waals surface area contributed by atoms with E-state index in [-0.39, 0.29) is 5.92 Å². The van der Waals surface area contributed by atoms with Gasteiger partial charge in [0, 0.05) is 133 Å². The Labute approximate surface area is 702 Å². The summed E-state index contributed by atoms with van der Waals surface area (Å²) in [5, 5.41) is 4.89. The molecule has 2 aliphatic rings. The van der Waals surface area contributed by atoms with Gasteiger partial charge in [-0.25, -0.2) is 59.8 Å². The summed E-state index contributed by atoms with van der Waals surface area (Å²) in [5.41, 5.74) is 53.3. The predicted molar refractivity (Wildman–Crippen MR) is 488 cm³/mol. The third kappa shape index (κ3) is 14.9. The van der Waals surface area contributed by atoms with Crippen LogP contribution in [0.3, 0.4) is 0 Å². The van der Waals surface area contributed by atoms with Gasteiger partial charge >= 0.3 is 0 Å². The number of rotatable bonds is 12. The monoisotopic (exact) mass is 1600 g/mol. The van der Waals surface area contributed by atoms with Crippen molar-refractivity contribution in [3.05, 3.63) is 314 Å². The highest BCUT2D eigenvalue weighted by Crippen LogP contribution is 2.44. The fraction of sp³-hybridized carbons (Fsp3) is 0.152. The van der Waals surface area contributed by atoms with Crippen molar-refractivity contribution in [3.63, 3.8) is 0 Å². The van der Waals surface area contributed by atoms with E-state index in [4.69, 9.17) is 80.1 Å². The number of aryl methyl sites for hydroxylation is 1. The molecule has 20 aromatic rings. The van der Waals surface area contributed by atoms with Gasteiger partial charge in [0.1, 0.15) is 91.4 Å². The zero-order valence-corrected chi connectivity index (χ0v) is 67.8. The third-order valence-electron chi connectivity index (χ3n) is 23.3. The molecule has 0 bridgehead atoms. The zero-order chi connectivity index (χ0) is 82.4. The van der Waals surface area contributed by atoms with Crippen LogP contribution in [0.5, 0.6) is 0 Å². The van der Waals surface area contributed by atoms with Gasteiger partial charge in [0.15, 0.2) is 0 Å². The van der Waals surface area contributed by atoms with Crippen LogP contribution in [0.4, 0.5) is 23.3 Å². The number of fused-ring (bicyclic) bond motifs is 8. The van der Waals surface area contributed by atoms with Crippen LogP contribution in [0.25, 0.3) is 156 Å². The molecule has 12 heterocycles. The maximum absolute atomic E-state index is 6.75. The highest BCUT2D eigenvalue weighted by molar-refractivity contribution is 6.34. The second kappa shape index (κ2) is 32.7. The van der Waals surface area contributed by atoms with E-state index in [9.17, 15) is 0 Å². The van der Waals surface area contributed by atoms with Gasteiger partial charge in [-0.3, -0.25) is 17.6 Å². The number of pyridine rings is 4. The number of aromatic nitrogens is 16. The molecule has 22 heteroatoms. The number of nitrogens with zero attached hydrogens (tertiary/aromatic N) is 16. The standard InChI is InChI=1S/C28H28N6.C25H20ClN5.C24H21N5.C22H17N5/c29-17-18-6-8-21(9-7-18)28-33-25(26-27(30)31-14-15-34(26)28)22-11-10-20-12-13-23(32-24(20)16-22)19-4-2-1-3-5-19;26-19-13-17-9-10-20(15-5-2-1-3-6-15)29-21(17)14-18(19)22-23-24(27)28-11-12-31(23)25(30-22)16-7-4-8-16;1-15(2)24-28-21(22-23(25)26-12-13-29(22)24)18-9-8-17-10-11-19(27-20(17)14-18)16-6-4-3-5-7-16;1-14-25-20(21-22(23)24-11-12-27(14)21)17-8-7-16-9-10-18(26-19(16)13-17)15-5-3-2-4-6-15/h1-5,10-16,18,21H,6-9,17,29H2,(H2,30,31);1-3,5-6,9-14,16H,4,7-8H2,(H2,27,28);3-15H,1-2H3,(H2,25,26);2-13H,1H3,(H2,23,24). The molecule has 0 amide bonds. The van der Waals surface area contributed by atoms with Crippen molar-refractivity contribution in [2.75, 3.05) is 29.5 Å². The second-order valence-electron chi connectivity index (χ2n) is 31.3. The molecule has 2 fully saturated rings. The van der Waals surface area contributed by atoms with Crippen LogP contribution in [-0.2, 0) is 0 Å². The topological polar surface area (TPSA) is 302 Å². The first-order valence-electron chi connectivity index (χ1n) is 40.9. The molecular formula is C99H86ClN21. The van der Waals surface area contributed by atoms with E-state index >= 15 is 0 Å². The normalized spacial score (nSPS) is 14.1. The first-order valence-corrected chi connectivity index (χ1v) is 41.3. The van der Waals surface area contributed by atoms with Gasteiger partial charge in [-0.2, -0.15) is 0 Å². The summed E-state index contributed by atoms with van der Waals surface area (Å²) in [4.78, 5) is 56.6. The molecule has 594 valence electrons. The SMILES string of the molecule is CC(C)c1nc(-c2ccc3ccc(-c4ccccc4)nc3c2)c2c(N)nccn12.Cc1nc(-c2ccc3ccc(-c4ccccc4)nc3c2)c2c(N)nccn12.NCC1CCC(c2nc(-c3ccc4ccc(-c5ccccc5)nc4c3)c3c(N)nccn23)CC1.Nc1nccn2c(C3CCC3)nc(-c3cc4nc(-c5ccccc5)ccc4cc3Cl)c12. The average Bonchev–Trinajstić information content (AvgIpc) is 1.62. The minimum Gasteiger partial charge on any atom is -0.382 e. The molecule has 10 N–H and O–H groups in total. The number of halogens is 1. The summed E-state index contributed by atoms with van der Waals surface area (Å²) >= 11 is 6.75. The molecule has 0 atom stereocenters. The number of nitrogens with two attached hydrogens (primary N) is 5. The fourth-order valence-electron chi connectivity index (χ4n) is 16.8. The third-order valence-corrected chi connectivity index (χ3v) is 23.6. The second-order valence-corrected chi connectivity index (χ2v) is 31.7. The van der Waals surface area contributed by atoms with Gasteiger partial charge in [0.2, 0.25) is 0 Å². The van der Waals surface area contributed by atoms with Crippen molar-refractivity contribution in [3.8, 4) is 90.1 Å². The Balaban J connectivity index is 0.000000107. The Morgan fingerprint density at radius 3 is 1.11 bits per heavy atom. The van der Waals surface area contributed by atoms with E-state index in [1.54, 1.807) is 24.8 Å². The summed E-state index contributed by atoms with van der Waals surface area (Å²) < 4.78 is 8.23. The molecule has 0 unspecified atom stereocenters. The van der Waals surface area contributed by atoms with E-state index in [2.05, 4.69) is 188 Å². The molecular weight excluding hydrogens is 1520 g/mol. The van der Waals surface area contributed by atoms with Gasteiger partial charge in [0.05, 0.1) is 49.9 Å². The first-order chi connectivity index (χ1) is 59.2. The van der Waals surface area contributed by atoms with Gasteiger partial charge in [0.25, 0.3) is 0 Å². The van der Waals surface area contributed by atoms with Crippen molar-refractivity contribution >= 4 is 101 Å². The average molecular weight is 1610 g/mol. The van der Waals surface area contributed by atoms with E-state index in [0.29, 0.717) is 46.0 Å². The van der Waals surface area contributed by atoms with Gasteiger partial charge in [-0.1, -0.05) is 214 Å². The van der Waals surface area contributed by atoms with Crippen LogP contribution in [-0.4, -0.2) is 84.0 Å². The van der Waals surface area contributed by atoms with Crippen LogP contribution >= 0.6 is 11.6 Å². The number of anilines is 4. The molecule has 0 radical (unpaired) electrons. The Kier molecular flexibility index (Phi) is 20.6. The van der Waals surface area contributed by atoms with Crippen molar-refractivity contribution in [1.29, 1.82) is 0 Å². The largest absolute Gasteiger partial charge is 0.382 e. The van der Waals surface area contributed by atoms with Crippen LogP contribution in [0, 0.1) is 12.8 Å². The Morgan fingerprint density at radius 1 is 0.347 bits per heavy atom. The van der Waals surface area contributed by atoms with E-state index in [0.717, 1.165) is 224 Å². The van der Waals surface area contributed by atoms with Crippen LogP contribution in [0.1, 0.15) is 99.8 Å². The molecule has 22 rings (SSSR count). The number of imidazole rings is 4. The van der Waals surface area contributed by atoms with Crippen LogP contribution < -0.4 is 28.7 Å². The quantitative estimate of drug-likeness (QED) is 0.0759. The van der Waals surface area contributed by atoms with Crippen molar-refractivity contribution in [2.24, 2.45) is 11.7 Å². The molecule has 8 aromatic carbocycles. The van der Waals surface area contributed by atoms with E-state index in [1.807, 2.05) is 132 Å². The number of benzene rings is 8. The molecule has 0 spiro atoms. The lowest BCUT2D eigenvalue weighted by Gasteiger charge is -2.26. The number of hydrogen-bond acceptors (Lipinski definition) is 17. The molecule has 121 heavy (non-hydrogen) atoms. The molecule has 0 aliphatic heterocycles. The molecule has 21 nitrogen and oxygen atoms in total. The van der Waals surface area contributed by atoms with Gasteiger partial charge in [-0.15, -0.1) is 0 Å². The Morgan fingerprint density at radius 2 is 0.694 bits per heavy atom. The molecule has 2 aliphatic carbocycles. The smallest absolute Gasteiger partial charge is 0.150 e. The summed E-state index contributed by atoms with van der Waals surface area (Å²) in [6, 6.07) is 80.1. The van der Waals surface area contributed by atoms with Crippen molar-refractivity contribution < 1.29 is 0 Å². The Bertz CT molecular complexity index is 7260. The van der Waals surface area contributed by atoms with Gasteiger partial charge < -0.3 is 28.7 Å². The Hall–Kier alpha value is -14.7. The zero-order valence-electron chi connectivity index (χ0n) is 67.0. The molecule has 2 saturated carbocycles. The summed E-state index contributed by atoms with van der Waals surface area (Å²) in [5.74, 6) is 7.59. The minimum atomic E-state index is 0.265. The lowest BCUT2D eigenvalue weighted by molar-refractivity contribution is 0.325. The maximum Gasteiger partial charge on any atom is 0.150 e. The van der Waals surface area contributed by atoms with E-state index < -0.39 is 0 Å². The summed E-state index contributed by atoms with van der Waals surface area (Å²) in [7, 11) is 0. The lowest BCUT2D eigenvalue weighted by atomic mass is 9.81.